The Balaban J connectivity index is 1.40. The van der Waals surface area contributed by atoms with Crippen molar-refractivity contribution < 1.29 is 9.59 Å². The lowest BCUT2D eigenvalue weighted by Gasteiger charge is -2.15. The highest BCUT2D eigenvalue weighted by Crippen LogP contribution is 2.32. The Morgan fingerprint density at radius 3 is 2.60 bits per heavy atom. The average Bonchev–Trinajstić information content (AvgIpc) is 3.26. The van der Waals surface area contributed by atoms with Crippen LogP contribution in [-0.4, -0.2) is 39.8 Å². The zero-order chi connectivity index (χ0) is 20.5. The molecule has 2 aliphatic rings. The van der Waals surface area contributed by atoms with Gasteiger partial charge in [0.05, 0.1) is 17.8 Å². The summed E-state index contributed by atoms with van der Waals surface area (Å²) in [6.45, 7) is 1.67. The van der Waals surface area contributed by atoms with Crippen LogP contribution in [0.4, 0.5) is 17.3 Å². The number of aromatic nitrogens is 2. The second-order valence-corrected chi connectivity index (χ2v) is 7.54. The van der Waals surface area contributed by atoms with Crippen molar-refractivity contribution in [2.75, 3.05) is 23.7 Å². The number of carbonyl (C=O) groups is 2. The Morgan fingerprint density at radius 2 is 1.80 bits per heavy atom. The van der Waals surface area contributed by atoms with E-state index in [1.54, 1.807) is 6.20 Å². The molecule has 150 valence electrons. The lowest BCUT2D eigenvalue weighted by Crippen LogP contribution is -2.27. The van der Waals surface area contributed by atoms with Gasteiger partial charge in [-0.1, -0.05) is 18.2 Å². The summed E-state index contributed by atoms with van der Waals surface area (Å²) in [5.74, 6) is 0.439. The fourth-order valence-corrected chi connectivity index (χ4v) is 3.92. The van der Waals surface area contributed by atoms with Crippen molar-refractivity contribution in [3.05, 3.63) is 65.9 Å². The molecule has 3 aromatic rings. The van der Waals surface area contributed by atoms with Gasteiger partial charge in [0.15, 0.2) is 0 Å². The van der Waals surface area contributed by atoms with Gasteiger partial charge in [0.1, 0.15) is 0 Å². The zero-order valence-corrected chi connectivity index (χ0v) is 16.4. The molecule has 0 atom stereocenters. The molecule has 0 saturated carbocycles. The molecule has 1 saturated heterocycles. The summed E-state index contributed by atoms with van der Waals surface area (Å²) >= 11 is 0. The molecule has 0 aliphatic carbocycles. The average molecular weight is 399 g/mol. The molecule has 0 spiro atoms. The van der Waals surface area contributed by atoms with Crippen LogP contribution >= 0.6 is 0 Å². The second-order valence-electron chi connectivity index (χ2n) is 7.54. The van der Waals surface area contributed by atoms with Gasteiger partial charge in [-0.25, -0.2) is 9.97 Å². The summed E-state index contributed by atoms with van der Waals surface area (Å²) in [6.07, 6.45) is 4.08. The highest BCUT2D eigenvalue weighted by Gasteiger charge is 2.21. The molecular weight excluding hydrogens is 378 g/mol. The number of rotatable bonds is 3. The number of amides is 2. The predicted octanol–water partition coefficient (Wildman–Crippen LogP) is 3.62. The van der Waals surface area contributed by atoms with Crippen LogP contribution < -0.4 is 10.6 Å². The third kappa shape index (κ3) is 3.50. The topological polar surface area (TPSA) is 87.2 Å². The molecule has 1 aromatic heterocycles. The van der Waals surface area contributed by atoms with Crippen molar-refractivity contribution in [1.29, 1.82) is 0 Å². The zero-order valence-electron chi connectivity index (χ0n) is 16.4. The number of benzene rings is 2. The van der Waals surface area contributed by atoms with E-state index in [0.717, 1.165) is 54.1 Å². The van der Waals surface area contributed by atoms with Gasteiger partial charge < -0.3 is 15.5 Å². The highest BCUT2D eigenvalue weighted by atomic mass is 16.2. The molecule has 1 fully saturated rings. The summed E-state index contributed by atoms with van der Waals surface area (Å²) in [5.41, 5.74) is 4.62. The smallest absolute Gasteiger partial charge is 0.253 e. The first-order valence-electron chi connectivity index (χ1n) is 10.1. The minimum Gasteiger partial charge on any atom is -0.339 e. The van der Waals surface area contributed by atoms with Crippen molar-refractivity contribution in [2.45, 2.75) is 19.3 Å². The number of fused-ring (bicyclic) bond motifs is 3. The van der Waals surface area contributed by atoms with E-state index in [0.29, 0.717) is 11.5 Å². The molecule has 0 bridgehead atoms. The van der Waals surface area contributed by atoms with E-state index >= 15 is 0 Å². The first-order valence-corrected chi connectivity index (χ1v) is 10.1. The molecule has 2 amide bonds. The molecular formula is C23H21N5O2. The van der Waals surface area contributed by atoms with Crippen molar-refractivity contribution in [1.82, 2.24) is 14.9 Å². The van der Waals surface area contributed by atoms with Crippen LogP contribution in [-0.2, 0) is 11.2 Å². The summed E-state index contributed by atoms with van der Waals surface area (Å²) in [7, 11) is 0. The molecule has 0 unspecified atom stereocenters. The van der Waals surface area contributed by atoms with Crippen LogP contribution in [0.5, 0.6) is 0 Å². The Labute approximate surface area is 174 Å². The van der Waals surface area contributed by atoms with Crippen molar-refractivity contribution in [3.8, 4) is 11.3 Å². The number of nitrogens with one attached hydrogen (secondary N) is 2. The monoisotopic (exact) mass is 399 g/mol. The first kappa shape index (κ1) is 18.3. The van der Waals surface area contributed by atoms with Crippen LogP contribution in [0, 0.1) is 0 Å². The van der Waals surface area contributed by atoms with Crippen molar-refractivity contribution in [2.24, 2.45) is 0 Å². The molecule has 7 nitrogen and oxygen atoms in total. The SMILES string of the molecule is O=C1Cc2cnc(Nc3ccc(C(=O)N4CCCC4)cc3)nc2-c2ccccc2N1. The van der Waals surface area contributed by atoms with Gasteiger partial charge in [-0.3, -0.25) is 9.59 Å². The lowest BCUT2D eigenvalue weighted by atomic mass is 10.1. The third-order valence-electron chi connectivity index (χ3n) is 5.45. The van der Waals surface area contributed by atoms with Crippen molar-refractivity contribution in [3.63, 3.8) is 0 Å². The second kappa shape index (κ2) is 7.59. The Kier molecular flexibility index (Phi) is 4.63. The van der Waals surface area contributed by atoms with E-state index in [1.807, 2.05) is 53.4 Å². The molecule has 2 aromatic carbocycles. The van der Waals surface area contributed by atoms with Gasteiger partial charge >= 0.3 is 0 Å². The van der Waals surface area contributed by atoms with Gasteiger partial charge in [-0.15, -0.1) is 0 Å². The first-order chi connectivity index (χ1) is 14.7. The number of carbonyl (C=O) groups excluding carboxylic acids is 2. The van der Waals surface area contributed by atoms with E-state index in [4.69, 9.17) is 0 Å². The molecule has 5 rings (SSSR count). The Hall–Kier alpha value is -3.74. The van der Waals surface area contributed by atoms with Gasteiger partial charge in [-0.2, -0.15) is 0 Å². The number of anilines is 3. The van der Waals surface area contributed by atoms with Crippen LogP contribution in [0.3, 0.4) is 0 Å². The summed E-state index contributed by atoms with van der Waals surface area (Å²) < 4.78 is 0. The molecule has 2 N–H and O–H groups in total. The molecule has 3 heterocycles. The Morgan fingerprint density at radius 1 is 1.03 bits per heavy atom. The van der Waals surface area contributed by atoms with Gasteiger partial charge in [0.25, 0.3) is 5.91 Å². The predicted molar refractivity (Wildman–Crippen MR) is 115 cm³/mol. The normalized spacial score (nSPS) is 15.1. The van der Waals surface area contributed by atoms with Crippen LogP contribution in [0.15, 0.2) is 54.7 Å². The van der Waals surface area contributed by atoms with Crippen LogP contribution in [0.25, 0.3) is 11.3 Å². The van der Waals surface area contributed by atoms with Crippen LogP contribution in [0.1, 0.15) is 28.8 Å². The van der Waals surface area contributed by atoms with Gasteiger partial charge in [0, 0.05) is 41.7 Å². The minimum absolute atomic E-state index is 0.0779. The van der Waals surface area contributed by atoms with E-state index in [9.17, 15) is 9.59 Å². The standard InChI is InChI=1S/C23H21N5O2/c29-20-13-16-14-24-23(27-21(16)18-5-1-2-6-19(18)26-20)25-17-9-7-15(8-10-17)22(30)28-11-3-4-12-28/h1-2,5-10,14H,3-4,11-13H2,(H,26,29)(H,24,25,27). The summed E-state index contributed by atoms with van der Waals surface area (Å²) in [5, 5.41) is 6.12. The number of nitrogens with zero attached hydrogens (tertiary/aromatic N) is 3. The van der Waals surface area contributed by atoms with E-state index in [1.165, 1.54) is 0 Å². The Bertz CT molecular complexity index is 1120. The molecule has 30 heavy (non-hydrogen) atoms. The van der Waals surface area contributed by atoms with E-state index in [2.05, 4.69) is 20.6 Å². The minimum atomic E-state index is -0.0798. The number of likely N-dealkylation sites (tertiary alicyclic amines) is 1. The number of para-hydroxylation sites is 1. The molecule has 7 heteroatoms. The highest BCUT2D eigenvalue weighted by molar-refractivity contribution is 6.00. The van der Waals surface area contributed by atoms with E-state index < -0.39 is 0 Å². The summed E-state index contributed by atoms with van der Waals surface area (Å²) in [6, 6.07) is 15.0. The van der Waals surface area contributed by atoms with Crippen LogP contribution in [0.2, 0.25) is 0 Å². The number of hydrogen-bond donors (Lipinski definition) is 2. The lowest BCUT2D eigenvalue weighted by molar-refractivity contribution is -0.115. The largest absolute Gasteiger partial charge is 0.339 e. The fourth-order valence-electron chi connectivity index (χ4n) is 3.92. The van der Waals surface area contributed by atoms with Gasteiger partial charge in [0.2, 0.25) is 11.9 Å². The third-order valence-corrected chi connectivity index (χ3v) is 5.45. The maximum Gasteiger partial charge on any atom is 0.253 e. The van der Waals surface area contributed by atoms with Gasteiger partial charge in [-0.05, 0) is 43.2 Å². The van der Waals surface area contributed by atoms with E-state index in [-0.39, 0.29) is 18.2 Å². The maximum atomic E-state index is 12.5. The maximum absolute atomic E-state index is 12.5. The number of hydrogen-bond acceptors (Lipinski definition) is 5. The molecule has 0 radical (unpaired) electrons. The quantitative estimate of drug-likeness (QED) is 0.702. The summed E-state index contributed by atoms with van der Waals surface area (Å²) in [4.78, 5) is 35.6. The van der Waals surface area contributed by atoms with Crippen molar-refractivity contribution >= 4 is 29.1 Å². The fraction of sp³-hybridized carbons (Fsp3) is 0.217. The molecule has 2 aliphatic heterocycles.